The molecule has 1 aromatic rings. The fourth-order valence-electron chi connectivity index (χ4n) is 3.43. The van der Waals surface area contributed by atoms with E-state index < -0.39 is 0 Å². The molecule has 3 rings (SSSR count). The lowest BCUT2D eigenvalue weighted by atomic mass is 10.1. The first-order valence-corrected chi connectivity index (χ1v) is 9.85. The minimum absolute atomic E-state index is 0. The summed E-state index contributed by atoms with van der Waals surface area (Å²) in [6.07, 6.45) is 3.80. The van der Waals surface area contributed by atoms with E-state index in [9.17, 15) is 0 Å². The van der Waals surface area contributed by atoms with Gasteiger partial charge in [0.05, 0.1) is 12.7 Å². The van der Waals surface area contributed by atoms with Crippen LogP contribution in [0.1, 0.15) is 24.6 Å². The van der Waals surface area contributed by atoms with Crippen molar-refractivity contribution in [3.05, 3.63) is 22.4 Å². The molecular weight excluding hydrogens is 449 g/mol. The van der Waals surface area contributed by atoms with Gasteiger partial charge in [0.15, 0.2) is 5.96 Å². The highest BCUT2D eigenvalue weighted by atomic mass is 127. The van der Waals surface area contributed by atoms with Gasteiger partial charge < -0.3 is 19.7 Å². The molecule has 25 heavy (non-hydrogen) atoms. The summed E-state index contributed by atoms with van der Waals surface area (Å²) in [6, 6.07) is 4.34. The molecule has 2 aliphatic rings. The van der Waals surface area contributed by atoms with E-state index in [0.29, 0.717) is 5.92 Å². The predicted octanol–water partition coefficient (Wildman–Crippen LogP) is 3.00. The average molecular weight is 479 g/mol. The van der Waals surface area contributed by atoms with Crippen molar-refractivity contribution in [2.75, 3.05) is 39.9 Å². The monoisotopic (exact) mass is 479 g/mol. The van der Waals surface area contributed by atoms with E-state index in [1.807, 2.05) is 18.4 Å². The van der Waals surface area contributed by atoms with Gasteiger partial charge in [0.1, 0.15) is 6.10 Å². The molecule has 0 amide bonds. The maximum absolute atomic E-state index is 5.93. The number of guanidine groups is 1. The van der Waals surface area contributed by atoms with Crippen LogP contribution in [-0.2, 0) is 15.9 Å². The molecule has 0 radical (unpaired) electrons. The summed E-state index contributed by atoms with van der Waals surface area (Å²) in [5.41, 5.74) is 0. The van der Waals surface area contributed by atoms with Gasteiger partial charge in [0.2, 0.25) is 0 Å². The first kappa shape index (κ1) is 20.9. The van der Waals surface area contributed by atoms with Crippen molar-refractivity contribution < 1.29 is 9.47 Å². The van der Waals surface area contributed by atoms with Crippen molar-refractivity contribution in [1.29, 1.82) is 0 Å². The van der Waals surface area contributed by atoms with Crippen LogP contribution >= 0.6 is 35.3 Å². The second kappa shape index (κ2) is 10.7. The Kier molecular flexibility index (Phi) is 8.95. The van der Waals surface area contributed by atoms with Crippen LogP contribution in [-0.4, -0.2) is 63.0 Å². The van der Waals surface area contributed by atoms with Crippen molar-refractivity contribution in [3.63, 3.8) is 0 Å². The van der Waals surface area contributed by atoms with E-state index in [1.54, 1.807) is 0 Å². The number of morpholine rings is 1. The Bertz CT molecular complexity index is 520. The molecule has 3 atom stereocenters. The highest BCUT2D eigenvalue weighted by Crippen LogP contribution is 2.21. The number of rotatable bonds is 5. The molecular formula is C18H30IN3O2S. The second-order valence-corrected chi connectivity index (χ2v) is 7.76. The van der Waals surface area contributed by atoms with Crippen LogP contribution in [0.5, 0.6) is 0 Å². The fraction of sp³-hybridized carbons (Fsp3) is 0.722. The topological polar surface area (TPSA) is 46.1 Å². The third kappa shape index (κ3) is 6.08. The van der Waals surface area contributed by atoms with E-state index in [4.69, 9.17) is 9.47 Å². The standard InChI is InChI=1S/C18H29N3O2S.HI/c1-14(11-15-5-4-10-24-15)12-20-18(19-2)21-7-9-23-17(13-21)16-6-3-8-22-16;/h4-5,10,14,16-17H,3,6-9,11-13H2,1-2H3,(H,19,20);1H. The maximum Gasteiger partial charge on any atom is 0.193 e. The summed E-state index contributed by atoms with van der Waals surface area (Å²) in [7, 11) is 1.86. The molecule has 3 unspecified atom stereocenters. The number of thiophene rings is 1. The Morgan fingerprint density at radius 1 is 1.40 bits per heavy atom. The third-order valence-corrected chi connectivity index (χ3v) is 5.62. The van der Waals surface area contributed by atoms with Crippen LogP contribution in [0, 0.1) is 5.92 Å². The van der Waals surface area contributed by atoms with Gasteiger partial charge >= 0.3 is 0 Å². The normalized spacial score (nSPS) is 25.5. The van der Waals surface area contributed by atoms with Gasteiger partial charge in [-0.2, -0.15) is 0 Å². The Labute approximate surface area is 172 Å². The van der Waals surface area contributed by atoms with Crippen LogP contribution in [0.4, 0.5) is 0 Å². The second-order valence-electron chi connectivity index (χ2n) is 6.72. The van der Waals surface area contributed by atoms with Crippen molar-refractivity contribution in [2.45, 2.75) is 38.4 Å². The number of halogens is 1. The van der Waals surface area contributed by atoms with Gasteiger partial charge in [0.25, 0.3) is 0 Å². The molecule has 0 aromatic carbocycles. The average Bonchev–Trinajstić information content (AvgIpc) is 3.29. The molecule has 1 N–H and O–H groups in total. The zero-order chi connectivity index (χ0) is 16.8. The third-order valence-electron chi connectivity index (χ3n) is 4.72. The first-order valence-electron chi connectivity index (χ1n) is 8.97. The molecule has 0 spiro atoms. The maximum atomic E-state index is 5.93. The number of aliphatic imine (C=N–C) groups is 1. The van der Waals surface area contributed by atoms with Crippen molar-refractivity contribution in [2.24, 2.45) is 10.9 Å². The molecule has 7 heteroatoms. The lowest BCUT2D eigenvalue weighted by Crippen LogP contribution is -2.53. The molecule has 142 valence electrons. The minimum Gasteiger partial charge on any atom is -0.375 e. The van der Waals surface area contributed by atoms with Crippen molar-refractivity contribution >= 4 is 41.3 Å². The molecule has 0 aliphatic carbocycles. The first-order chi connectivity index (χ1) is 11.8. The smallest absolute Gasteiger partial charge is 0.193 e. The van der Waals surface area contributed by atoms with Crippen molar-refractivity contribution in [1.82, 2.24) is 10.2 Å². The highest BCUT2D eigenvalue weighted by Gasteiger charge is 2.32. The zero-order valence-corrected chi connectivity index (χ0v) is 18.3. The van der Waals surface area contributed by atoms with Crippen LogP contribution in [0.25, 0.3) is 0 Å². The van der Waals surface area contributed by atoms with Gasteiger partial charge in [-0.25, -0.2) is 0 Å². The summed E-state index contributed by atoms with van der Waals surface area (Å²) < 4.78 is 11.7. The summed E-state index contributed by atoms with van der Waals surface area (Å²) in [6.45, 7) is 6.60. The van der Waals surface area contributed by atoms with E-state index in [-0.39, 0.29) is 36.2 Å². The Hall–Kier alpha value is -0.380. The lowest BCUT2D eigenvalue weighted by molar-refractivity contribution is -0.0817. The van der Waals surface area contributed by atoms with Gasteiger partial charge in [-0.05, 0) is 36.6 Å². The molecule has 2 fully saturated rings. The molecule has 2 saturated heterocycles. The molecule has 0 saturated carbocycles. The SMILES string of the molecule is CN=C(NCC(C)Cc1cccs1)N1CCOC(C2CCCO2)C1.I. The van der Waals surface area contributed by atoms with Crippen LogP contribution in [0.15, 0.2) is 22.5 Å². The van der Waals surface area contributed by atoms with E-state index >= 15 is 0 Å². The Balaban J connectivity index is 0.00000225. The molecule has 5 nitrogen and oxygen atoms in total. The summed E-state index contributed by atoms with van der Waals surface area (Å²) in [5, 5.41) is 5.69. The zero-order valence-electron chi connectivity index (χ0n) is 15.1. The van der Waals surface area contributed by atoms with Gasteiger partial charge in [-0.1, -0.05) is 13.0 Å². The van der Waals surface area contributed by atoms with Gasteiger partial charge in [-0.3, -0.25) is 4.99 Å². The Morgan fingerprint density at radius 3 is 2.92 bits per heavy atom. The van der Waals surface area contributed by atoms with Crippen LogP contribution in [0.2, 0.25) is 0 Å². The number of nitrogens with zero attached hydrogens (tertiary/aromatic N) is 2. The largest absolute Gasteiger partial charge is 0.375 e. The molecule has 0 bridgehead atoms. The lowest BCUT2D eigenvalue weighted by Gasteiger charge is -2.37. The summed E-state index contributed by atoms with van der Waals surface area (Å²) in [4.78, 5) is 8.24. The quantitative estimate of drug-likeness (QED) is 0.401. The predicted molar refractivity (Wildman–Crippen MR) is 114 cm³/mol. The van der Waals surface area contributed by atoms with Crippen molar-refractivity contribution in [3.8, 4) is 0 Å². The number of nitrogens with one attached hydrogen (secondary N) is 1. The molecule has 2 aliphatic heterocycles. The molecule has 3 heterocycles. The summed E-state index contributed by atoms with van der Waals surface area (Å²) >= 11 is 1.83. The van der Waals surface area contributed by atoms with Gasteiger partial charge in [-0.15, -0.1) is 35.3 Å². The Morgan fingerprint density at radius 2 is 2.24 bits per heavy atom. The number of hydrogen-bond acceptors (Lipinski definition) is 4. The van der Waals surface area contributed by atoms with E-state index in [2.05, 4.69) is 39.6 Å². The number of hydrogen-bond donors (Lipinski definition) is 1. The fourth-order valence-corrected chi connectivity index (χ4v) is 4.30. The highest BCUT2D eigenvalue weighted by molar-refractivity contribution is 14.0. The molecule has 1 aromatic heterocycles. The minimum atomic E-state index is 0. The van der Waals surface area contributed by atoms with Gasteiger partial charge in [0, 0.05) is 38.2 Å². The van der Waals surface area contributed by atoms with E-state index in [1.165, 1.54) is 4.88 Å². The summed E-state index contributed by atoms with van der Waals surface area (Å²) in [5.74, 6) is 1.56. The number of ether oxygens (including phenoxy) is 2. The van der Waals surface area contributed by atoms with E-state index in [0.717, 1.165) is 58.1 Å². The van der Waals surface area contributed by atoms with Crippen LogP contribution < -0.4 is 5.32 Å². The van der Waals surface area contributed by atoms with Crippen LogP contribution in [0.3, 0.4) is 0 Å².